The molecule has 39 heavy (non-hydrogen) atoms. The summed E-state index contributed by atoms with van der Waals surface area (Å²) in [6, 6.07) is 11.5. The second-order valence-electron chi connectivity index (χ2n) is 10.3. The van der Waals surface area contributed by atoms with E-state index in [9.17, 15) is 9.90 Å². The Bertz CT molecular complexity index is 1400. The van der Waals surface area contributed by atoms with Crippen LogP contribution in [0.3, 0.4) is 0 Å². The number of fused-ring (bicyclic) bond motifs is 1. The monoisotopic (exact) mass is 526 g/mol. The van der Waals surface area contributed by atoms with Crippen molar-refractivity contribution in [1.82, 2.24) is 19.9 Å². The van der Waals surface area contributed by atoms with Crippen LogP contribution < -0.4 is 9.80 Å². The average molecular weight is 527 g/mol. The minimum Gasteiger partial charge on any atom is -0.508 e. The maximum absolute atomic E-state index is 11.8. The van der Waals surface area contributed by atoms with Crippen LogP contribution in [0.15, 0.2) is 48.2 Å². The topological polar surface area (TPSA) is 94.9 Å². The summed E-state index contributed by atoms with van der Waals surface area (Å²) in [4.78, 5) is 32.9. The van der Waals surface area contributed by atoms with Gasteiger partial charge in [0.1, 0.15) is 11.6 Å². The first-order valence-electron chi connectivity index (χ1n) is 13.8. The molecule has 0 saturated carbocycles. The number of aromatic hydroxyl groups is 1. The third-order valence-corrected chi connectivity index (χ3v) is 7.73. The van der Waals surface area contributed by atoms with Crippen LogP contribution in [-0.4, -0.2) is 76.8 Å². The standard InChI is InChI=1S/C30H34N6O3/c1-21(37)34-11-3-4-22(8-12-34)18-24-20-25(7-10-31-24)36-13-9-27-28(23-5-2-6-26(38)19-23)32-30(33-29(27)36)35-14-16-39-17-15-35/h2,5-7,10,18-20,38H,3-4,8-9,11-17H2,1H3/b22-18-. The zero-order valence-corrected chi connectivity index (χ0v) is 22.3. The number of anilines is 3. The van der Waals surface area contributed by atoms with E-state index in [4.69, 9.17) is 14.7 Å². The van der Waals surface area contributed by atoms with E-state index in [1.54, 1.807) is 19.1 Å². The highest BCUT2D eigenvalue weighted by atomic mass is 16.5. The molecule has 0 aliphatic carbocycles. The number of carbonyl (C=O) groups excluding carboxylic acids is 1. The van der Waals surface area contributed by atoms with Gasteiger partial charge in [-0.15, -0.1) is 0 Å². The van der Waals surface area contributed by atoms with Gasteiger partial charge in [0.2, 0.25) is 11.9 Å². The predicted molar refractivity (Wildman–Crippen MR) is 151 cm³/mol. The normalized spacial score (nSPS) is 18.8. The van der Waals surface area contributed by atoms with E-state index in [1.165, 1.54) is 5.57 Å². The summed E-state index contributed by atoms with van der Waals surface area (Å²) in [5, 5.41) is 10.2. The van der Waals surface area contributed by atoms with Gasteiger partial charge in [0, 0.05) is 62.7 Å². The molecule has 5 heterocycles. The lowest BCUT2D eigenvalue weighted by Crippen LogP contribution is -2.37. The number of phenols is 1. The molecule has 3 aromatic rings. The van der Waals surface area contributed by atoms with E-state index in [2.05, 4.69) is 26.9 Å². The second-order valence-corrected chi connectivity index (χ2v) is 10.3. The summed E-state index contributed by atoms with van der Waals surface area (Å²) in [6.07, 6.45) is 7.68. The largest absolute Gasteiger partial charge is 0.508 e. The van der Waals surface area contributed by atoms with Gasteiger partial charge >= 0.3 is 0 Å². The molecule has 9 nitrogen and oxygen atoms in total. The molecule has 3 aliphatic rings. The zero-order valence-electron chi connectivity index (χ0n) is 22.3. The summed E-state index contributed by atoms with van der Waals surface area (Å²) >= 11 is 0. The number of likely N-dealkylation sites (tertiary alicyclic amines) is 1. The first-order valence-corrected chi connectivity index (χ1v) is 13.8. The number of nitrogens with zero attached hydrogens (tertiary/aromatic N) is 6. The molecule has 1 aromatic carbocycles. The molecule has 202 valence electrons. The Morgan fingerprint density at radius 3 is 2.69 bits per heavy atom. The molecule has 0 spiro atoms. The Labute approximate surface area is 228 Å². The van der Waals surface area contributed by atoms with Gasteiger partial charge in [0.25, 0.3) is 0 Å². The number of morpholine rings is 1. The molecule has 0 unspecified atom stereocenters. The maximum atomic E-state index is 11.8. The Hall–Kier alpha value is -3.98. The molecule has 3 aliphatic heterocycles. The number of benzene rings is 1. The lowest BCUT2D eigenvalue weighted by Gasteiger charge is -2.28. The molecule has 2 saturated heterocycles. The number of phenolic OH excluding ortho intramolecular Hbond substituents is 1. The van der Waals surface area contributed by atoms with Crippen molar-refractivity contribution in [3.63, 3.8) is 0 Å². The molecule has 0 bridgehead atoms. The molecule has 0 radical (unpaired) electrons. The van der Waals surface area contributed by atoms with Crippen molar-refractivity contribution in [3.05, 3.63) is 59.4 Å². The zero-order chi connectivity index (χ0) is 26.8. The fourth-order valence-corrected chi connectivity index (χ4v) is 5.66. The smallest absolute Gasteiger partial charge is 0.228 e. The van der Waals surface area contributed by atoms with Crippen LogP contribution in [0.4, 0.5) is 17.5 Å². The van der Waals surface area contributed by atoms with Crippen molar-refractivity contribution in [3.8, 4) is 17.0 Å². The molecule has 1 N–H and O–H groups in total. The van der Waals surface area contributed by atoms with Crippen LogP contribution in [0.25, 0.3) is 17.3 Å². The molecule has 0 atom stereocenters. The fraction of sp³-hybridized carbons (Fsp3) is 0.400. The number of hydrogen-bond acceptors (Lipinski definition) is 8. The van der Waals surface area contributed by atoms with Crippen LogP contribution >= 0.6 is 0 Å². The number of carbonyl (C=O) groups is 1. The molecule has 1 amide bonds. The molecular weight excluding hydrogens is 492 g/mol. The van der Waals surface area contributed by atoms with Crippen molar-refractivity contribution in [2.24, 2.45) is 0 Å². The highest BCUT2D eigenvalue weighted by Crippen LogP contribution is 2.40. The van der Waals surface area contributed by atoms with Gasteiger partial charge in [-0.25, -0.2) is 4.98 Å². The SMILES string of the molecule is CC(=O)N1CCC/C(=C/c2cc(N3CCc4c(-c5cccc(O)c5)nc(N5CCOCC5)nc43)ccn2)CC1. The summed E-state index contributed by atoms with van der Waals surface area (Å²) in [6.45, 7) is 6.80. The predicted octanol–water partition coefficient (Wildman–Crippen LogP) is 4.19. The van der Waals surface area contributed by atoms with E-state index in [-0.39, 0.29) is 11.7 Å². The van der Waals surface area contributed by atoms with Crippen molar-refractivity contribution >= 4 is 29.4 Å². The number of ether oxygens (including phenoxy) is 1. The number of hydrogen-bond donors (Lipinski definition) is 1. The van der Waals surface area contributed by atoms with Crippen molar-refractivity contribution in [2.75, 3.05) is 55.7 Å². The van der Waals surface area contributed by atoms with E-state index in [0.29, 0.717) is 19.2 Å². The number of amides is 1. The van der Waals surface area contributed by atoms with Gasteiger partial charge in [-0.2, -0.15) is 4.98 Å². The van der Waals surface area contributed by atoms with Crippen LogP contribution in [0.1, 0.15) is 37.4 Å². The van der Waals surface area contributed by atoms with E-state index in [1.807, 2.05) is 29.3 Å². The molecular formula is C30H34N6O3. The van der Waals surface area contributed by atoms with Crippen LogP contribution in [0, 0.1) is 0 Å². The van der Waals surface area contributed by atoms with Crippen LogP contribution in [0.5, 0.6) is 5.75 Å². The van der Waals surface area contributed by atoms with Crippen LogP contribution in [0.2, 0.25) is 0 Å². The van der Waals surface area contributed by atoms with Gasteiger partial charge in [-0.1, -0.05) is 17.7 Å². The lowest BCUT2D eigenvalue weighted by atomic mass is 10.1. The first-order chi connectivity index (χ1) is 19.0. The van der Waals surface area contributed by atoms with Gasteiger partial charge in [0.05, 0.1) is 24.6 Å². The number of pyridine rings is 1. The van der Waals surface area contributed by atoms with Gasteiger partial charge in [-0.05, 0) is 56.0 Å². The summed E-state index contributed by atoms with van der Waals surface area (Å²) in [5.74, 6) is 1.96. The van der Waals surface area contributed by atoms with Gasteiger partial charge < -0.3 is 24.5 Å². The van der Waals surface area contributed by atoms with E-state index in [0.717, 1.165) is 92.4 Å². The van der Waals surface area contributed by atoms with Crippen molar-refractivity contribution < 1.29 is 14.6 Å². The molecule has 2 aromatic heterocycles. The minimum atomic E-state index is 0.146. The maximum Gasteiger partial charge on any atom is 0.228 e. The summed E-state index contributed by atoms with van der Waals surface area (Å²) in [5.41, 5.74) is 6.13. The third kappa shape index (κ3) is 5.45. The highest BCUT2D eigenvalue weighted by molar-refractivity contribution is 5.78. The molecule has 9 heteroatoms. The Balaban J connectivity index is 1.34. The van der Waals surface area contributed by atoms with Crippen molar-refractivity contribution in [2.45, 2.75) is 32.6 Å². The Morgan fingerprint density at radius 1 is 1.00 bits per heavy atom. The first kappa shape index (κ1) is 25.3. The fourth-order valence-electron chi connectivity index (χ4n) is 5.66. The van der Waals surface area contributed by atoms with Crippen LogP contribution in [-0.2, 0) is 16.0 Å². The highest BCUT2D eigenvalue weighted by Gasteiger charge is 2.29. The van der Waals surface area contributed by atoms with Crippen molar-refractivity contribution in [1.29, 1.82) is 0 Å². The molecule has 2 fully saturated rings. The molecule has 6 rings (SSSR count). The Morgan fingerprint density at radius 2 is 1.87 bits per heavy atom. The minimum absolute atomic E-state index is 0.146. The average Bonchev–Trinajstić information content (AvgIpc) is 3.24. The third-order valence-electron chi connectivity index (χ3n) is 7.73. The second kappa shape index (κ2) is 11.0. The van der Waals surface area contributed by atoms with Gasteiger partial charge in [-0.3, -0.25) is 9.78 Å². The Kier molecular flexibility index (Phi) is 7.15. The number of rotatable bonds is 4. The van der Waals surface area contributed by atoms with E-state index < -0.39 is 0 Å². The number of aromatic nitrogens is 3. The summed E-state index contributed by atoms with van der Waals surface area (Å²) < 4.78 is 5.56. The van der Waals surface area contributed by atoms with E-state index >= 15 is 0 Å². The summed E-state index contributed by atoms with van der Waals surface area (Å²) in [7, 11) is 0. The quantitative estimate of drug-likeness (QED) is 0.541. The van der Waals surface area contributed by atoms with Gasteiger partial charge in [0.15, 0.2) is 0 Å². The lowest BCUT2D eigenvalue weighted by molar-refractivity contribution is -0.128.